The van der Waals surface area contributed by atoms with Crippen LogP contribution in [0.4, 0.5) is 17.8 Å². The van der Waals surface area contributed by atoms with Crippen LogP contribution in [0.15, 0.2) is 0 Å². The quantitative estimate of drug-likeness (QED) is 0.500. The molecule has 1 heterocycles. The lowest BCUT2D eigenvalue weighted by Gasteiger charge is -2.13. The highest BCUT2D eigenvalue weighted by atomic mass is 15.4. The fourth-order valence-electron chi connectivity index (χ4n) is 1.61. The minimum absolute atomic E-state index is 0.370. The highest BCUT2D eigenvalue weighted by Crippen LogP contribution is 2.37. The van der Waals surface area contributed by atoms with Crippen LogP contribution in [0.1, 0.15) is 13.3 Å². The van der Waals surface area contributed by atoms with Gasteiger partial charge in [0.1, 0.15) is 0 Å². The van der Waals surface area contributed by atoms with Gasteiger partial charge in [-0.2, -0.15) is 15.0 Å². The third-order valence-corrected chi connectivity index (χ3v) is 2.95. The van der Waals surface area contributed by atoms with Crippen molar-refractivity contribution in [3.8, 4) is 0 Å². The molecule has 94 valence electrons. The van der Waals surface area contributed by atoms with Crippen molar-refractivity contribution in [2.75, 3.05) is 36.3 Å². The molecule has 0 bridgehead atoms. The second-order valence-corrected chi connectivity index (χ2v) is 4.68. The van der Waals surface area contributed by atoms with E-state index in [0.717, 1.165) is 18.4 Å². The van der Waals surface area contributed by atoms with Gasteiger partial charge in [-0.1, -0.05) is 6.92 Å². The third-order valence-electron chi connectivity index (χ3n) is 2.95. The van der Waals surface area contributed by atoms with Crippen molar-refractivity contribution < 1.29 is 0 Å². The second-order valence-electron chi connectivity index (χ2n) is 4.68. The Morgan fingerprint density at radius 2 is 1.94 bits per heavy atom. The molecule has 1 fully saturated rings. The Kier molecular flexibility index (Phi) is 3.28. The maximum Gasteiger partial charge on any atom is 0.243 e. The van der Waals surface area contributed by atoms with Crippen LogP contribution in [0, 0.1) is 11.8 Å². The van der Waals surface area contributed by atoms with Crippen LogP contribution in [-0.2, 0) is 0 Å². The van der Waals surface area contributed by atoms with E-state index in [4.69, 9.17) is 5.84 Å². The summed E-state index contributed by atoms with van der Waals surface area (Å²) >= 11 is 0. The summed E-state index contributed by atoms with van der Waals surface area (Å²) < 4.78 is 0. The third kappa shape index (κ3) is 2.94. The van der Waals surface area contributed by atoms with E-state index in [1.807, 2.05) is 19.0 Å². The molecule has 17 heavy (non-hydrogen) atoms. The van der Waals surface area contributed by atoms with Gasteiger partial charge in [0.2, 0.25) is 17.8 Å². The number of nitrogens with zero attached hydrogens (tertiary/aromatic N) is 4. The van der Waals surface area contributed by atoms with Gasteiger partial charge < -0.3 is 10.2 Å². The van der Waals surface area contributed by atoms with Crippen LogP contribution >= 0.6 is 0 Å². The molecule has 0 radical (unpaired) electrons. The van der Waals surface area contributed by atoms with Crippen molar-refractivity contribution in [3.05, 3.63) is 0 Å². The fourth-order valence-corrected chi connectivity index (χ4v) is 1.61. The topological polar surface area (TPSA) is 92.0 Å². The first kappa shape index (κ1) is 11.8. The number of rotatable bonds is 5. The first-order valence-corrected chi connectivity index (χ1v) is 5.74. The molecule has 2 unspecified atom stereocenters. The lowest BCUT2D eigenvalue weighted by Crippen LogP contribution is -2.19. The van der Waals surface area contributed by atoms with E-state index in [-0.39, 0.29) is 0 Å². The Hall–Kier alpha value is -1.63. The summed E-state index contributed by atoms with van der Waals surface area (Å²) in [5.74, 6) is 8.40. The molecule has 1 aliphatic rings. The van der Waals surface area contributed by atoms with E-state index >= 15 is 0 Å². The average molecular weight is 237 g/mol. The predicted molar refractivity (Wildman–Crippen MR) is 67.7 cm³/mol. The van der Waals surface area contributed by atoms with Crippen LogP contribution in [0.3, 0.4) is 0 Å². The van der Waals surface area contributed by atoms with Gasteiger partial charge in [0.25, 0.3) is 0 Å². The Morgan fingerprint density at radius 3 is 2.47 bits per heavy atom. The number of hydrogen-bond donors (Lipinski definition) is 3. The van der Waals surface area contributed by atoms with Gasteiger partial charge in [-0.25, -0.2) is 5.84 Å². The molecule has 7 nitrogen and oxygen atoms in total. The number of anilines is 3. The molecule has 7 heteroatoms. The molecular formula is C10H19N7. The molecule has 0 spiro atoms. The van der Waals surface area contributed by atoms with Crippen molar-refractivity contribution in [2.24, 2.45) is 17.7 Å². The van der Waals surface area contributed by atoms with Gasteiger partial charge in [-0.05, 0) is 18.3 Å². The molecule has 0 aromatic carbocycles. The summed E-state index contributed by atoms with van der Waals surface area (Å²) in [5, 5.41) is 3.22. The monoisotopic (exact) mass is 237 g/mol. The molecule has 1 aromatic rings. The molecule has 2 rings (SSSR count). The number of aromatic nitrogens is 3. The molecule has 1 aromatic heterocycles. The Bertz CT molecular complexity index is 392. The number of nitrogens with one attached hydrogen (secondary N) is 2. The average Bonchev–Trinajstić information content (AvgIpc) is 3.02. The number of hydrogen-bond acceptors (Lipinski definition) is 7. The zero-order chi connectivity index (χ0) is 12.4. The number of nitrogen functional groups attached to an aromatic ring is 1. The predicted octanol–water partition coefficient (Wildman–Crippen LogP) is 0.291. The zero-order valence-corrected chi connectivity index (χ0v) is 10.4. The molecular weight excluding hydrogens is 218 g/mol. The van der Waals surface area contributed by atoms with E-state index in [0.29, 0.717) is 17.8 Å². The van der Waals surface area contributed by atoms with Crippen molar-refractivity contribution in [2.45, 2.75) is 13.3 Å². The lowest BCUT2D eigenvalue weighted by molar-refractivity contribution is 0.778. The minimum Gasteiger partial charge on any atom is -0.354 e. The summed E-state index contributed by atoms with van der Waals surface area (Å²) in [5.41, 5.74) is 2.45. The molecule has 0 amide bonds. The number of hydrazine groups is 1. The highest BCUT2D eigenvalue weighted by Gasteiger charge is 2.32. The summed E-state index contributed by atoms with van der Waals surface area (Å²) in [6, 6.07) is 0. The normalized spacial score (nSPS) is 22.1. The number of nitrogens with two attached hydrogens (primary N) is 1. The summed E-state index contributed by atoms with van der Waals surface area (Å²) in [4.78, 5) is 14.4. The standard InChI is InChI=1S/C10H19N7/c1-6-4-7(6)5-12-8-13-9(16-11)15-10(14-8)17(2)3/h6-7H,4-5,11H2,1-3H3,(H2,12,13,14,15,16). The Morgan fingerprint density at radius 1 is 1.29 bits per heavy atom. The van der Waals surface area contributed by atoms with Gasteiger partial charge in [-0.15, -0.1) is 0 Å². The maximum absolute atomic E-state index is 5.33. The fraction of sp³-hybridized carbons (Fsp3) is 0.700. The molecule has 0 saturated heterocycles. The first-order chi connectivity index (χ1) is 8.10. The lowest BCUT2D eigenvalue weighted by atomic mass is 10.3. The minimum atomic E-state index is 0.370. The molecule has 1 aliphatic carbocycles. The van der Waals surface area contributed by atoms with Crippen molar-refractivity contribution >= 4 is 17.8 Å². The van der Waals surface area contributed by atoms with Crippen molar-refractivity contribution in [1.82, 2.24) is 15.0 Å². The molecule has 0 aliphatic heterocycles. The maximum atomic E-state index is 5.33. The van der Waals surface area contributed by atoms with Crippen LogP contribution in [-0.4, -0.2) is 35.6 Å². The molecule has 4 N–H and O–H groups in total. The zero-order valence-electron chi connectivity index (χ0n) is 10.4. The van der Waals surface area contributed by atoms with Crippen LogP contribution in [0.25, 0.3) is 0 Å². The van der Waals surface area contributed by atoms with Crippen LogP contribution < -0.4 is 21.5 Å². The van der Waals surface area contributed by atoms with Gasteiger partial charge in [0.05, 0.1) is 0 Å². The van der Waals surface area contributed by atoms with E-state index in [1.54, 1.807) is 0 Å². The highest BCUT2D eigenvalue weighted by molar-refractivity contribution is 5.42. The van der Waals surface area contributed by atoms with E-state index in [1.165, 1.54) is 6.42 Å². The Balaban J connectivity index is 2.06. The first-order valence-electron chi connectivity index (χ1n) is 5.74. The smallest absolute Gasteiger partial charge is 0.243 e. The van der Waals surface area contributed by atoms with Crippen molar-refractivity contribution in [1.29, 1.82) is 0 Å². The van der Waals surface area contributed by atoms with E-state index in [9.17, 15) is 0 Å². The molecule has 1 saturated carbocycles. The van der Waals surface area contributed by atoms with Gasteiger partial charge in [0, 0.05) is 20.6 Å². The van der Waals surface area contributed by atoms with Gasteiger partial charge in [-0.3, -0.25) is 5.43 Å². The van der Waals surface area contributed by atoms with E-state index < -0.39 is 0 Å². The van der Waals surface area contributed by atoms with Crippen LogP contribution in [0.2, 0.25) is 0 Å². The van der Waals surface area contributed by atoms with Crippen molar-refractivity contribution in [3.63, 3.8) is 0 Å². The largest absolute Gasteiger partial charge is 0.354 e. The van der Waals surface area contributed by atoms with Gasteiger partial charge >= 0.3 is 0 Å². The van der Waals surface area contributed by atoms with E-state index in [2.05, 4.69) is 32.6 Å². The second kappa shape index (κ2) is 4.70. The summed E-state index contributed by atoms with van der Waals surface area (Å²) in [6.45, 7) is 3.15. The van der Waals surface area contributed by atoms with Gasteiger partial charge in [0.15, 0.2) is 0 Å². The SMILES string of the molecule is CC1CC1CNc1nc(NN)nc(N(C)C)n1. The summed E-state index contributed by atoms with van der Waals surface area (Å²) in [7, 11) is 3.75. The van der Waals surface area contributed by atoms with Crippen LogP contribution in [0.5, 0.6) is 0 Å². The Labute approximate surface area is 101 Å². The molecule has 2 atom stereocenters. The summed E-state index contributed by atoms with van der Waals surface area (Å²) in [6.07, 6.45) is 1.28.